The highest BCUT2D eigenvalue weighted by molar-refractivity contribution is 7.91. The Kier molecular flexibility index (Phi) is 12.6. The Bertz CT molecular complexity index is 2630. The largest absolute Gasteiger partial charge is 0.459 e. The van der Waals surface area contributed by atoms with Gasteiger partial charge in [-0.05, 0) is 104 Å². The van der Waals surface area contributed by atoms with Gasteiger partial charge in [0.05, 0.1) is 22.5 Å². The Hall–Kier alpha value is -5.36. The quantitative estimate of drug-likeness (QED) is 0.138. The van der Waals surface area contributed by atoms with Crippen LogP contribution in [0.15, 0.2) is 60.0 Å². The zero-order chi connectivity index (χ0) is 46.5. The number of sulfonamides is 1. The van der Waals surface area contributed by atoms with Crippen molar-refractivity contribution in [3.63, 3.8) is 0 Å². The van der Waals surface area contributed by atoms with Gasteiger partial charge in [-0.25, -0.2) is 22.6 Å². The number of nitrogens with one attached hydrogen (secondary N) is 3. The molecule has 2 aliphatic heterocycles. The second kappa shape index (κ2) is 17.8. The summed E-state index contributed by atoms with van der Waals surface area (Å²) in [6.07, 6.45) is 6.70. The van der Waals surface area contributed by atoms with Crippen LogP contribution >= 0.6 is 11.3 Å². The van der Waals surface area contributed by atoms with E-state index in [-0.39, 0.29) is 43.7 Å². The van der Waals surface area contributed by atoms with Crippen molar-refractivity contribution >= 4 is 56.2 Å². The summed E-state index contributed by atoms with van der Waals surface area (Å²) < 4.78 is 56.5. The van der Waals surface area contributed by atoms with E-state index in [9.17, 15) is 32.0 Å². The lowest BCUT2D eigenvalue weighted by Crippen LogP contribution is -2.58. The normalized spacial score (nSPS) is 24.6. The van der Waals surface area contributed by atoms with Crippen LogP contribution < -0.4 is 20.1 Å². The maximum Gasteiger partial charge on any atom is 0.408 e. The third-order valence-electron chi connectivity index (χ3n) is 12.8. The molecule has 5 atom stereocenters. The molecule has 4 heterocycles. The van der Waals surface area contributed by atoms with Crippen LogP contribution in [0.2, 0.25) is 0 Å². The number of allylic oxidation sites excluding steroid dienone is 1. The molecule has 5 unspecified atom stereocenters. The number of benzene rings is 2. The van der Waals surface area contributed by atoms with Crippen LogP contribution in [-0.4, -0.2) is 92.3 Å². The molecule has 65 heavy (non-hydrogen) atoms. The zero-order valence-electron chi connectivity index (χ0n) is 37.7. The lowest BCUT2D eigenvalue weighted by atomic mass is 10.0. The van der Waals surface area contributed by atoms with Crippen molar-refractivity contribution in [2.45, 2.75) is 146 Å². The second-order valence-corrected chi connectivity index (χ2v) is 22.4. The minimum atomic E-state index is -4.03. The summed E-state index contributed by atoms with van der Waals surface area (Å²) >= 11 is 1.43. The van der Waals surface area contributed by atoms with Gasteiger partial charge in [-0.15, -0.1) is 11.3 Å². The van der Waals surface area contributed by atoms with Crippen LogP contribution in [0, 0.1) is 11.7 Å². The number of alkyl carbamates (subject to hydrolysis) is 1. The number of imidazole rings is 1. The molecule has 3 N–H and O–H groups in total. The molecule has 0 radical (unpaired) electrons. The van der Waals surface area contributed by atoms with Crippen LogP contribution in [0.5, 0.6) is 6.01 Å². The molecule has 15 nitrogen and oxygen atoms in total. The Morgan fingerprint density at radius 1 is 1.06 bits per heavy atom. The van der Waals surface area contributed by atoms with E-state index in [1.165, 1.54) is 22.3 Å². The highest BCUT2D eigenvalue weighted by Crippen LogP contribution is 2.48. The Morgan fingerprint density at radius 2 is 1.83 bits per heavy atom. The second-order valence-electron chi connectivity index (χ2n) is 19.3. The molecule has 8 rings (SSSR count). The summed E-state index contributed by atoms with van der Waals surface area (Å²) in [4.78, 5) is 67.9. The van der Waals surface area contributed by atoms with Gasteiger partial charge in [0, 0.05) is 35.7 Å². The Labute approximate surface area is 383 Å². The number of hydrogen-bond acceptors (Lipinski definition) is 11. The molecule has 2 aromatic heterocycles. The van der Waals surface area contributed by atoms with Crippen molar-refractivity contribution in [3.8, 4) is 16.6 Å². The molecular weight excluding hydrogens is 874 g/mol. The van der Waals surface area contributed by atoms with Gasteiger partial charge >= 0.3 is 6.09 Å². The molecule has 18 heteroatoms. The number of hydrogen-bond donors (Lipinski definition) is 3. The van der Waals surface area contributed by atoms with E-state index in [1.54, 1.807) is 45.9 Å². The number of carbonyl (C=O) groups is 4. The highest BCUT2D eigenvalue weighted by Gasteiger charge is 2.63. The number of carbonyl (C=O) groups excluding carboxylic acids is 4. The van der Waals surface area contributed by atoms with Crippen molar-refractivity contribution in [1.29, 1.82) is 0 Å². The molecule has 348 valence electrons. The van der Waals surface area contributed by atoms with Crippen LogP contribution in [0.4, 0.5) is 9.18 Å². The number of thiazole rings is 1. The molecule has 4 amide bonds. The number of amides is 4. The van der Waals surface area contributed by atoms with Gasteiger partial charge in [0.15, 0.2) is 0 Å². The lowest BCUT2D eigenvalue weighted by molar-refractivity contribution is -0.141. The summed E-state index contributed by atoms with van der Waals surface area (Å²) in [5, 5.41) is 8.29. The summed E-state index contributed by atoms with van der Waals surface area (Å²) in [5.41, 5.74) is 1.04. The number of fused-ring (bicyclic) bond motifs is 3. The summed E-state index contributed by atoms with van der Waals surface area (Å²) in [6, 6.07) is 10.3. The minimum Gasteiger partial charge on any atom is -0.459 e. The monoisotopic (exact) mass is 931 g/mol. The molecule has 3 fully saturated rings. The van der Waals surface area contributed by atoms with Crippen molar-refractivity contribution in [2.75, 3.05) is 6.54 Å². The minimum absolute atomic E-state index is 0.00531. The molecule has 4 aliphatic rings. The van der Waals surface area contributed by atoms with Crippen molar-refractivity contribution in [2.24, 2.45) is 5.92 Å². The first kappa shape index (κ1) is 46.2. The van der Waals surface area contributed by atoms with Gasteiger partial charge in [0.25, 0.3) is 11.9 Å². The molecule has 1 saturated heterocycles. The van der Waals surface area contributed by atoms with Crippen LogP contribution in [0.3, 0.4) is 0 Å². The molecule has 2 aliphatic carbocycles. The lowest BCUT2D eigenvalue weighted by Gasteiger charge is -2.30. The summed E-state index contributed by atoms with van der Waals surface area (Å²) in [5.74, 6) is -2.74. The van der Waals surface area contributed by atoms with E-state index < -0.39 is 73.8 Å². The number of para-hydroxylation sites is 1. The average molecular weight is 932 g/mol. The van der Waals surface area contributed by atoms with Crippen molar-refractivity contribution < 1.29 is 41.5 Å². The fourth-order valence-electron chi connectivity index (χ4n) is 8.74. The van der Waals surface area contributed by atoms with Crippen LogP contribution in [0.25, 0.3) is 21.6 Å². The van der Waals surface area contributed by atoms with E-state index in [0.717, 1.165) is 29.6 Å². The summed E-state index contributed by atoms with van der Waals surface area (Å²) in [6.45, 7) is 10.7. The number of nitrogens with zero attached hydrogens (tertiary/aromatic N) is 4. The Morgan fingerprint density at radius 3 is 2.55 bits per heavy atom. The fourth-order valence-corrected chi connectivity index (χ4v) is 10.9. The summed E-state index contributed by atoms with van der Waals surface area (Å²) in [7, 11) is -4.03. The van der Waals surface area contributed by atoms with E-state index in [4.69, 9.17) is 19.4 Å². The Balaban J connectivity index is 1.11. The van der Waals surface area contributed by atoms with E-state index in [2.05, 4.69) is 15.4 Å². The molecule has 0 bridgehead atoms. The number of ether oxygens (including phenoxy) is 2. The van der Waals surface area contributed by atoms with Gasteiger partial charge < -0.3 is 25.0 Å². The van der Waals surface area contributed by atoms with Gasteiger partial charge in [-0.1, -0.05) is 49.3 Å². The smallest absolute Gasteiger partial charge is 0.408 e. The topological polar surface area (TPSA) is 191 Å². The van der Waals surface area contributed by atoms with Crippen molar-refractivity contribution in [3.05, 3.63) is 77.1 Å². The first-order chi connectivity index (χ1) is 30.8. The third-order valence-corrected chi connectivity index (χ3v) is 15.8. The van der Waals surface area contributed by atoms with Crippen molar-refractivity contribution in [1.82, 2.24) is 34.8 Å². The highest BCUT2D eigenvalue weighted by atomic mass is 32.2. The maximum absolute atomic E-state index is 14.8. The predicted octanol–water partition coefficient (Wildman–Crippen LogP) is 7.11. The van der Waals surface area contributed by atoms with Crippen LogP contribution in [0.1, 0.15) is 117 Å². The molecule has 2 aromatic carbocycles. The zero-order valence-corrected chi connectivity index (χ0v) is 39.3. The van der Waals surface area contributed by atoms with Gasteiger partial charge in [-0.3, -0.25) is 23.7 Å². The first-order valence-corrected chi connectivity index (χ1v) is 24.8. The van der Waals surface area contributed by atoms with E-state index >= 15 is 0 Å². The van der Waals surface area contributed by atoms with E-state index in [1.807, 2.05) is 54.1 Å². The standard InChI is InChI=1S/C47H58FN7O8S2/c1-28(2)55-36-20-14-17-33(40-49-31(27-64-40)23-29-15-12-13-18-34(29)48)38(36)51-43(55)62-32-24-37-39(56)52-47(42(58)53-65(60,61)46(6)21-22-46)25-30(47)16-10-8-7-9-11-19-35(41(57)54(37)26-32)50-44(59)63-45(3,4)5/h10,12-18,20,27-28,30,32,35,37H,7-9,11,19,21-26H2,1-6H3,(H,50,59)(H,52,56)(H,53,58). The predicted molar refractivity (Wildman–Crippen MR) is 244 cm³/mol. The molecule has 2 saturated carbocycles. The first-order valence-electron chi connectivity index (χ1n) is 22.5. The average Bonchev–Trinajstić information content (AvgIpc) is 3.92. The van der Waals surface area contributed by atoms with E-state index in [0.29, 0.717) is 48.2 Å². The van der Waals surface area contributed by atoms with Gasteiger partial charge in [-0.2, -0.15) is 4.98 Å². The maximum atomic E-state index is 14.8. The third kappa shape index (κ3) is 9.79. The molecular formula is C47H58FN7O8S2. The molecule has 4 aromatic rings. The van der Waals surface area contributed by atoms with Gasteiger partial charge in [0.2, 0.25) is 21.8 Å². The fraction of sp³-hybridized carbons (Fsp3) is 0.532. The SMILES string of the molecule is CC(C)n1c(OC2CC3C(=O)NC4(C(=O)NS(=O)(=O)C5(C)CC5)CC4C=CCCCCCC(NC(=O)OC(C)(C)C)C(=O)N3C2)nc2c(-c3nc(Cc4ccccc4F)cs3)cccc21. The van der Waals surface area contributed by atoms with Gasteiger partial charge in [0.1, 0.15) is 45.7 Å². The molecule has 0 spiro atoms. The number of rotatable bonds is 10. The number of halogens is 1. The number of aromatic nitrogens is 3. The van der Waals surface area contributed by atoms with Crippen LogP contribution in [-0.2, 0) is 35.6 Å².